The summed E-state index contributed by atoms with van der Waals surface area (Å²) >= 11 is 0. The van der Waals surface area contributed by atoms with E-state index in [1.807, 2.05) is 12.3 Å². The molecule has 1 heterocycles. The van der Waals surface area contributed by atoms with E-state index in [2.05, 4.69) is 36.0 Å². The van der Waals surface area contributed by atoms with Gasteiger partial charge in [-0.05, 0) is 50.4 Å². The fourth-order valence-corrected chi connectivity index (χ4v) is 3.64. The quantitative estimate of drug-likeness (QED) is 0.867. The van der Waals surface area contributed by atoms with Crippen LogP contribution in [0.4, 0.5) is 0 Å². The molecule has 112 valence electrons. The van der Waals surface area contributed by atoms with Crippen LogP contribution >= 0.6 is 0 Å². The molecule has 1 fully saturated rings. The standard InChI is InChI=1S/C17H29N3/c1-3-6-14-8-9-15(12-18)17(11-14)20(2)13-16-7-4-5-10-19-16/h4-5,7,10,14-15,17H,3,6,8-9,11-13,18H2,1-2H3. The Bertz CT molecular complexity index is 379. The van der Waals surface area contributed by atoms with Gasteiger partial charge in [-0.1, -0.05) is 32.3 Å². The Morgan fingerprint density at radius 1 is 1.35 bits per heavy atom. The van der Waals surface area contributed by atoms with Gasteiger partial charge in [0.2, 0.25) is 0 Å². The first-order valence-corrected chi connectivity index (χ1v) is 8.04. The van der Waals surface area contributed by atoms with Crippen molar-refractivity contribution in [2.75, 3.05) is 13.6 Å². The maximum absolute atomic E-state index is 6.00. The highest BCUT2D eigenvalue weighted by Crippen LogP contribution is 2.34. The molecule has 0 saturated heterocycles. The SMILES string of the molecule is CCCC1CCC(CN)C(N(C)Cc2ccccn2)C1. The number of hydrogen-bond acceptors (Lipinski definition) is 3. The molecule has 1 aliphatic rings. The second-order valence-corrected chi connectivity index (χ2v) is 6.27. The fourth-order valence-electron chi connectivity index (χ4n) is 3.64. The van der Waals surface area contributed by atoms with Crippen molar-refractivity contribution >= 4 is 0 Å². The summed E-state index contributed by atoms with van der Waals surface area (Å²) in [6.07, 6.45) is 8.51. The van der Waals surface area contributed by atoms with Crippen molar-refractivity contribution in [2.24, 2.45) is 17.6 Å². The third-order valence-electron chi connectivity index (χ3n) is 4.77. The van der Waals surface area contributed by atoms with Crippen LogP contribution in [0.5, 0.6) is 0 Å². The molecule has 2 rings (SSSR count). The summed E-state index contributed by atoms with van der Waals surface area (Å²) in [4.78, 5) is 6.92. The average molecular weight is 275 g/mol. The summed E-state index contributed by atoms with van der Waals surface area (Å²) in [5, 5.41) is 0. The number of hydrogen-bond donors (Lipinski definition) is 1. The Labute approximate surface area is 123 Å². The van der Waals surface area contributed by atoms with Gasteiger partial charge in [-0.3, -0.25) is 9.88 Å². The lowest BCUT2D eigenvalue weighted by molar-refractivity contribution is 0.0938. The second-order valence-electron chi connectivity index (χ2n) is 6.27. The summed E-state index contributed by atoms with van der Waals surface area (Å²) in [5.74, 6) is 1.54. The molecule has 0 spiro atoms. The Morgan fingerprint density at radius 2 is 2.20 bits per heavy atom. The minimum absolute atomic E-state index is 0.618. The molecule has 0 bridgehead atoms. The fraction of sp³-hybridized carbons (Fsp3) is 0.706. The first-order valence-electron chi connectivity index (χ1n) is 8.04. The van der Waals surface area contributed by atoms with Crippen LogP contribution in [0, 0.1) is 11.8 Å². The summed E-state index contributed by atoms with van der Waals surface area (Å²) in [5.41, 5.74) is 7.16. The molecule has 1 aromatic rings. The zero-order chi connectivity index (χ0) is 14.4. The highest BCUT2D eigenvalue weighted by molar-refractivity contribution is 5.03. The second kappa shape index (κ2) is 7.75. The molecule has 1 aromatic heterocycles. The molecule has 0 aliphatic heterocycles. The normalized spacial score (nSPS) is 26.9. The number of nitrogens with zero attached hydrogens (tertiary/aromatic N) is 2. The van der Waals surface area contributed by atoms with Crippen LogP contribution in [-0.2, 0) is 6.54 Å². The number of aromatic nitrogens is 1. The first-order chi connectivity index (χ1) is 9.74. The van der Waals surface area contributed by atoms with Gasteiger partial charge < -0.3 is 5.73 Å². The van der Waals surface area contributed by atoms with Gasteiger partial charge >= 0.3 is 0 Å². The molecule has 0 radical (unpaired) electrons. The lowest BCUT2D eigenvalue weighted by Gasteiger charge is -2.41. The summed E-state index contributed by atoms with van der Waals surface area (Å²) in [7, 11) is 2.23. The van der Waals surface area contributed by atoms with Crippen LogP contribution in [0.15, 0.2) is 24.4 Å². The highest BCUT2D eigenvalue weighted by Gasteiger charge is 2.31. The number of rotatable bonds is 6. The van der Waals surface area contributed by atoms with Gasteiger partial charge in [0.1, 0.15) is 0 Å². The Hall–Kier alpha value is -0.930. The molecule has 3 heteroatoms. The predicted molar refractivity (Wildman–Crippen MR) is 84.3 cm³/mol. The van der Waals surface area contributed by atoms with E-state index in [0.717, 1.165) is 24.7 Å². The van der Waals surface area contributed by atoms with Crippen molar-refractivity contribution in [3.8, 4) is 0 Å². The van der Waals surface area contributed by atoms with Crippen LogP contribution in [0.25, 0.3) is 0 Å². The van der Waals surface area contributed by atoms with E-state index >= 15 is 0 Å². The van der Waals surface area contributed by atoms with Crippen molar-refractivity contribution in [1.29, 1.82) is 0 Å². The molecule has 0 aromatic carbocycles. The minimum atomic E-state index is 0.618. The van der Waals surface area contributed by atoms with Gasteiger partial charge in [-0.2, -0.15) is 0 Å². The molecule has 1 saturated carbocycles. The van der Waals surface area contributed by atoms with Gasteiger partial charge in [-0.25, -0.2) is 0 Å². The Morgan fingerprint density at radius 3 is 2.85 bits per heavy atom. The van der Waals surface area contributed by atoms with Gasteiger partial charge in [0, 0.05) is 18.8 Å². The van der Waals surface area contributed by atoms with Crippen LogP contribution in [-0.4, -0.2) is 29.5 Å². The maximum atomic E-state index is 6.00. The van der Waals surface area contributed by atoms with E-state index in [4.69, 9.17) is 5.73 Å². The summed E-state index contributed by atoms with van der Waals surface area (Å²) < 4.78 is 0. The highest BCUT2D eigenvalue weighted by atomic mass is 15.1. The van der Waals surface area contributed by atoms with E-state index in [0.29, 0.717) is 12.0 Å². The van der Waals surface area contributed by atoms with Crippen LogP contribution in [0.1, 0.15) is 44.7 Å². The lowest BCUT2D eigenvalue weighted by Crippen LogP contribution is -2.44. The summed E-state index contributed by atoms with van der Waals surface area (Å²) in [6.45, 7) is 4.04. The molecule has 20 heavy (non-hydrogen) atoms. The number of nitrogens with two attached hydrogens (primary N) is 1. The van der Waals surface area contributed by atoms with Gasteiger partial charge in [0.05, 0.1) is 5.69 Å². The third-order valence-corrected chi connectivity index (χ3v) is 4.77. The third kappa shape index (κ3) is 4.03. The first kappa shape index (κ1) is 15.5. The molecule has 3 unspecified atom stereocenters. The molecular formula is C17H29N3. The monoisotopic (exact) mass is 275 g/mol. The summed E-state index contributed by atoms with van der Waals surface area (Å²) in [6, 6.07) is 6.77. The van der Waals surface area contributed by atoms with E-state index in [9.17, 15) is 0 Å². The van der Waals surface area contributed by atoms with E-state index in [-0.39, 0.29) is 0 Å². The molecule has 0 amide bonds. The van der Waals surface area contributed by atoms with Crippen molar-refractivity contribution < 1.29 is 0 Å². The van der Waals surface area contributed by atoms with Crippen molar-refractivity contribution in [2.45, 2.75) is 51.6 Å². The lowest BCUT2D eigenvalue weighted by atomic mass is 9.76. The average Bonchev–Trinajstić information content (AvgIpc) is 2.48. The smallest absolute Gasteiger partial charge is 0.0543 e. The Kier molecular flexibility index (Phi) is 5.99. The van der Waals surface area contributed by atoms with Gasteiger partial charge in [0.25, 0.3) is 0 Å². The maximum Gasteiger partial charge on any atom is 0.0543 e. The topological polar surface area (TPSA) is 42.1 Å². The van der Waals surface area contributed by atoms with Crippen LogP contribution in [0.2, 0.25) is 0 Å². The van der Waals surface area contributed by atoms with Crippen molar-refractivity contribution in [3.63, 3.8) is 0 Å². The molecule has 1 aliphatic carbocycles. The predicted octanol–water partition coefficient (Wildman–Crippen LogP) is 3.06. The molecule has 2 N–H and O–H groups in total. The largest absolute Gasteiger partial charge is 0.330 e. The zero-order valence-electron chi connectivity index (χ0n) is 13.0. The zero-order valence-corrected chi connectivity index (χ0v) is 13.0. The molecule has 3 atom stereocenters. The number of pyridine rings is 1. The van der Waals surface area contributed by atoms with E-state index < -0.39 is 0 Å². The van der Waals surface area contributed by atoms with E-state index in [1.165, 1.54) is 32.1 Å². The van der Waals surface area contributed by atoms with Crippen LogP contribution in [0.3, 0.4) is 0 Å². The van der Waals surface area contributed by atoms with Gasteiger partial charge in [-0.15, -0.1) is 0 Å². The van der Waals surface area contributed by atoms with Crippen molar-refractivity contribution in [1.82, 2.24) is 9.88 Å². The molecular weight excluding hydrogens is 246 g/mol. The Balaban J connectivity index is 1.98. The van der Waals surface area contributed by atoms with Crippen LogP contribution < -0.4 is 5.73 Å². The van der Waals surface area contributed by atoms with E-state index in [1.54, 1.807) is 0 Å². The van der Waals surface area contributed by atoms with Crippen molar-refractivity contribution in [3.05, 3.63) is 30.1 Å². The van der Waals surface area contributed by atoms with Gasteiger partial charge in [0.15, 0.2) is 0 Å². The molecule has 3 nitrogen and oxygen atoms in total. The minimum Gasteiger partial charge on any atom is -0.330 e.